The maximum Gasteiger partial charge on any atom is 0.239 e. The van der Waals surface area contributed by atoms with E-state index in [0.717, 1.165) is 5.56 Å². The molecule has 2 N–H and O–H groups in total. The average molecular weight is 315 g/mol. The van der Waals surface area contributed by atoms with Crippen molar-refractivity contribution in [3.8, 4) is 5.75 Å². The minimum atomic E-state index is -0.270. The van der Waals surface area contributed by atoms with Gasteiger partial charge in [0.2, 0.25) is 5.91 Å². The minimum Gasteiger partial charge on any atom is -0.506 e. The maximum atomic E-state index is 11.8. The van der Waals surface area contributed by atoms with Gasteiger partial charge in [-0.2, -0.15) is 0 Å². The quantitative estimate of drug-likeness (QED) is 0.875. The van der Waals surface area contributed by atoms with Crippen molar-refractivity contribution in [2.24, 2.45) is 0 Å². The molecule has 0 aromatic heterocycles. The second kappa shape index (κ2) is 6.75. The van der Waals surface area contributed by atoms with E-state index in [1.54, 1.807) is 18.0 Å². The van der Waals surface area contributed by atoms with Crippen LogP contribution in [-0.4, -0.2) is 35.5 Å². The lowest BCUT2D eigenvalue weighted by Gasteiger charge is -2.20. The largest absolute Gasteiger partial charge is 0.506 e. The van der Waals surface area contributed by atoms with Crippen molar-refractivity contribution in [2.45, 2.75) is 26.4 Å². The summed E-state index contributed by atoms with van der Waals surface area (Å²) < 4.78 is 0.659. The molecule has 1 aromatic rings. The number of benzene rings is 1. The van der Waals surface area contributed by atoms with Crippen LogP contribution >= 0.6 is 15.9 Å². The lowest BCUT2D eigenvalue weighted by atomic mass is 10.2. The molecule has 100 valence electrons. The van der Waals surface area contributed by atoms with Crippen LogP contribution in [0.4, 0.5) is 0 Å². The second-order valence-electron chi connectivity index (χ2n) is 4.20. The molecular weight excluding hydrogens is 296 g/mol. The number of nitrogens with one attached hydrogen (secondary N) is 1. The van der Waals surface area contributed by atoms with Crippen LogP contribution in [0.5, 0.6) is 5.75 Å². The summed E-state index contributed by atoms with van der Waals surface area (Å²) in [5, 5.41) is 12.9. The van der Waals surface area contributed by atoms with Gasteiger partial charge in [0, 0.05) is 25.7 Å². The molecule has 4 nitrogen and oxygen atoms in total. The van der Waals surface area contributed by atoms with Crippen LogP contribution in [0, 0.1) is 0 Å². The molecule has 0 aliphatic carbocycles. The predicted octanol–water partition coefficient (Wildman–Crippen LogP) is 2.11. The van der Waals surface area contributed by atoms with Crippen LogP contribution in [0.2, 0.25) is 0 Å². The number of para-hydroxylation sites is 1. The molecule has 5 heteroatoms. The first-order valence-corrected chi connectivity index (χ1v) is 6.71. The molecule has 1 rings (SSSR count). The van der Waals surface area contributed by atoms with Crippen molar-refractivity contribution in [1.82, 2.24) is 10.2 Å². The van der Waals surface area contributed by atoms with Crippen molar-refractivity contribution >= 4 is 21.8 Å². The van der Waals surface area contributed by atoms with Gasteiger partial charge >= 0.3 is 0 Å². The summed E-state index contributed by atoms with van der Waals surface area (Å²) in [6.45, 7) is 4.90. The third-order valence-electron chi connectivity index (χ3n) is 2.89. The predicted molar refractivity (Wildman–Crippen MR) is 75.4 cm³/mol. The fourth-order valence-corrected chi connectivity index (χ4v) is 1.95. The Morgan fingerprint density at radius 3 is 2.83 bits per heavy atom. The van der Waals surface area contributed by atoms with Crippen LogP contribution in [0.1, 0.15) is 19.4 Å². The van der Waals surface area contributed by atoms with Gasteiger partial charge in [-0.25, -0.2) is 0 Å². The summed E-state index contributed by atoms with van der Waals surface area (Å²) in [5.74, 6) is 0.264. The van der Waals surface area contributed by atoms with Crippen LogP contribution in [0.15, 0.2) is 22.7 Å². The van der Waals surface area contributed by atoms with E-state index in [9.17, 15) is 9.90 Å². The lowest BCUT2D eigenvalue weighted by molar-refractivity contribution is -0.131. The number of rotatable bonds is 5. The molecule has 0 heterocycles. The van der Waals surface area contributed by atoms with Gasteiger partial charge in [0.25, 0.3) is 0 Å². The molecule has 0 aliphatic rings. The second-order valence-corrected chi connectivity index (χ2v) is 5.06. The smallest absolute Gasteiger partial charge is 0.239 e. The van der Waals surface area contributed by atoms with Gasteiger partial charge in [-0.3, -0.25) is 4.79 Å². The summed E-state index contributed by atoms with van der Waals surface area (Å²) in [5.41, 5.74) is 0.767. The molecule has 0 bridgehead atoms. The van der Waals surface area contributed by atoms with Gasteiger partial charge in [0.05, 0.1) is 10.5 Å². The Kier molecular flexibility index (Phi) is 5.62. The Morgan fingerprint density at radius 2 is 2.22 bits per heavy atom. The molecule has 1 unspecified atom stereocenters. The number of halogens is 1. The van der Waals surface area contributed by atoms with E-state index in [1.165, 1.54) is 0 Å². The molecule has 0 saturated heterocycles. The number of phenolic OH excluding ortho intramolecular Hbond substituents is 1. The number of amides is 1. The summed E-state index contributed by atoms with van der Waals surface area (Å²) in [6, 6.07) is 5.19. The van der Waals surface area contributed by atoms with Gasteiger partial charge < -0.3 is 15.3 Å². The Balaban J connectivity index is 2.60. The van der Waals surface area contributed by atoms with Crippen molar-refractivity contribution < 1.29 is 9.90 Å². The molecule has 18 heavy (non-hydrogen) atoms. The fourth-order valence-electron chi connectivity index (χ4n) is 1.54. The molecule has 0 spiro atoms. The van der Waals surface area contributed by atoms with Crippen molar-refractivity contribution in [2.75, 3.05) is 13.6 Å². The average Bonchev–Trinajstić information content (AvgIpc) is 2.38. The zero-order chi connectivity index (χ0) is 13.7. The maximum absolute atomic E-state index is 11.8. The third kappa shape index (κ3) is 3.71. The minimum absolute atomic E-state index is 0.0481. The van der Waals surface area contributed by atoms with E-state index < -0.39 is 0 Å². The standard InChI is InChI=1S/C13H19BrN2O2/c1-4-16(3)13(18)9(2)15-8-10-6-5-7-11(14)12(10)17/h5-7,9,15,17H,4,8H2,1-3H3. The molecule has 0 fully saturated rings. The van der Waals surface area contributed by atoms with Gasteiger partial charge in [0.15, 0.2) is 0 Å². The Hall–Kier alpha value is -1.07. The topological polar surface area (TPSA) is 52.6 Å². The van der Waals surface area contributed by atoms with Crippen LogP contribution in [0.25, 0.3) is 0 Å². The zero-order valence-electron chi connectivity index (χ0n) is 10.9. The lowest BCUT2D eigenvalue weighted by Crippen LogP contribution is -2.42. The van der Waals surface area contributed by atoms with E-state index in [-0.39, 0.29) is 17.7 Å². The van der Waals surface area contributed by atoms with E-state index >= 15 is 0 Å². The number of nitrogens with zero attached hydrogens (tertiary/aromatic N) is 1. The van der Waals surface area contributed by atoms with Crippen molar-refractivity contribution in [3.05, 3.63) is 28.2 Å². The first-order valence-electron chi connectivity index (χ1n) is 5.92. The highest BCUT2D eigenvalue weighted by atomic mass is 79.9. The highest BCUT2D eigenvalue weighted by Crippen LogP contribution is 2.27. The molecule has 0 saturated carbocycles. The third-order valence-corrected chi connectivity index (χ3v) is 3.53. The summed E-state index contributed by atoms with van der Waals surface area (Å²) in [4.78, 5) is 13.5. The number of carbonyl (C=O) groups excluding carboxylic acids is 1. The SMILES string of the molecule is CCN(C)C(=O)C(C)NCc1cccc(Br)c1O. The van der Waals surface area contributed by atoms with Crippen LogP contribution in [-0.2, 0) is 11.3 Å². The van der Waals surface area contributed by atoms with Crippen molar-refractivity contribution in [1.29, 1.82) is 0 Å². The van der Waals surface area contributed by atoms with Crippen molar-refractivity contribution in [3.63, 3.8) is 0 Å². The first-order chi connectivity index (χ1) is 8.47. The van der Waals surface area contributed by atoms with E-state index in [4.69, 9.17) is 0 Å². The fraction of sp³-hybridized carbons (Fsp3) is 0.462. The summed E-state index contributed by atoms with van der Waals surface area (Å²) >= 11 is 3.26. The van der Waals surface area contributed by atoms with Gasteiger partial charge in [-0.1, -0.05) is 12.1 Å². The molecule has 1 aromatic carbocycles. The normalized spacial score (nSPS) is 12.2. The highest BCUT2D eigenvalue weighted by molar-refractivity contribution is 9.10. The van der Waals surface area contributed by atoms with Crippen LogP contribution in [0.3, 0.4) is 0 Å². The number of likely N-dealkylation sites (N-methyl/N-ethyl adjacent to an activating group) is 1. The number of aromatic hydroxyl groups is 1. The molecule has 1 amide bonds. The molecule has 1 atom stereocenters. The van der Waals surface area contributed by atoms with Gasteiger partial charge in [-0.05, 0) is 35.8 Å². The van der Waals surface area contributed by atoms with E-state index in [2.05, 4.69) is 21.2 Å². The molecular formula is C13H19BrN2O2. The van der Waals surface area contributed by atoms with Gasteiger partial charge in [0.1, 0.15) is 5.75 Å². The number of carbonyl (C=O) groups is 1. The number of phenols is 1. The molecule has 0 radical (unpaired) electrons. The Morgan fingerprint density at radius 1 is 1.56 bits per heavy atom. The summed E-state index contributed by atoms with van der Waals surface area (Å²) in [7, 11) is 1.77. The molecule has 0 aliphatic heterocycles. The number of hydrogen-bond acceptors (Lipinski definition) is 3. The van der Waals surface area contributed by atoms with Gasteiger partial charge in [-0.15, -0.1) is 0 Å². The Labute approximate surface area is 116 Å². The first kappa shape index (κ1) is 15.0. The number of hydrogen-bond donors (Lipinski definition) is 2. The zero-order valence-corrected chi connectivity index (χ0v) is 12.5. The van der Waals surface area contributed by atoms with Crippen LogP contribution < -0.4 is 5.32 Å². The monoisotopic (exact) mass is 314 g/mol. The van der Waals surface area contributed by atoms with E-state index in [1.807, 2.05) is 26.0 Å². The Bertz CT molecular complexity index is 423. The van der Waals surface area contributed by atoms with E-state index in [0.29, 0.717) is 17.6 Å². The highest BCUT2D eigenvalue weighted by Gasteiger charge is 2.16. The summed E-state index contributed by atoms with van der Waals surface area (Å²) in [6.07, 6.45) is 0.